The number of hydrogen-bond donors (Lipinski definition) is 2. The minimum Gasteiger partial charge on any atom is -0.508 e. The molecule has 3 nitrogen and oxygen atoms in total. The van der Waals surface area contributed by atoms with E-state index in [9.17, 15) is 9.90 Å². The van der Waals surface area contributed by atoms with Gasteiger partial charge in [0.05, 0.1) is 0 Å². The maximum atomic E-state index is 11.9. The molecule has 1 aromatic carbocycles. The molecule has 0 bridgehead atoms. The molecule has 1 aliphatic rings. The van der Waals surface area contributed by atoms with Gasteiger partial charge in [0.25, 0.3) is 5.91 Å². The summed E-state index contributed by atoms with van der Waals surface area (Å²) in [5.41, 5.74) is 1.36. The number of nitrogens with one attached hydrogen (secondary N) is 1. The molecule has 0 saturated heterocycles. The Morgan fingerprint density at radius 1 is 1.53 bits per heavy atom. The number of rotatable bonds is 4. The molecule has 1 aromatic rings. The van der Waals surface area contributed by atoms with Crippen molar-refractivity contribution in [3.8, 4) is 5.75 Å². The Bertz CT molecular complexity index is 428. The maximum Gasteiger partial charge on any atom is 0.251 e. The summed E-state index contributed by atoms with van der Waals surface area (Å²) in [7, 11) is 0. The van der Waals surface area contributed by atoms with E-state index in [0.717, 1.165) is 12.0 Å². The molecule has 92 valence electrons. The number of phenols is 1. The zero-order chi connectivity index (χ0) is 12.4. The first-order valence-electron chi connectivity index (χ1n) is 6.22. The highest BCUT2D eigenvalue weighted by molar-refractivity contribution is 5.95. The van der Waals surface area contributed by atoms with Gasteiger partial charge in [-0.25, -0.2) is 0 Å². The van der Waals surface area contributed by atoms with E-state index in [4.69, 9.17) is 0 Å². The summed E-state index contributed by atoms with van der Waals surface area (Å²) < 4.78 is 0. The molecule has 0 aliphatic heterocycles. The van der Waals surface area contributed by atoms with Crippen LogP contribution < -0.4 is 5.32 Å². The molecular formula is C14H19NO2. The van der Waals surface area contributed by atoms with Crippen LogP contribution >= 0.6 is 0 Å². The second-order valence-corrected chi connectivity index (χ2v) is 4.87. The molecule has 0 radical (unpaired) electrons. The zero-order valence-electron chi connectivity index (χ0n) is 10.4. The van der Waals surface area contributed by atoms with Gasteiger partial charge in [0.15, 0.2) is 0 Å². The molecule has 1 fully saturated rings. The molecule has 2 atom stereocenters. The van der Waals surface area contributed by atoms with Gasteiger partial charge in [-0.05, 0) is 49.4 Å². The Labute approximate surface area is 102 Å². The van der Waals surface area contributed by atoms with Crippen LogP contribution in [0.15, 0.2) is 18.2 Å². The van der Waals surface area contributed by atoms with Crippen LogP contribution in [-0.4, -0.2) is 17.1 Å². The van der Waals surface area contributed by atoms with Crippen LogP contribution in [-0.2, 0) is 0 Å². The van der Waals surface area contributed by atoms with E-state index in [2.05, 4.69) is 12.2 Å². The van der Waals surface area contributed by atoms with Crippen molar-refractivity contribution in [2.45, 2.75) is 39.2 Å². The lowest BCUT2D eigenvalue weighted by atomic mass is 10.1. The molecule has 1 amide bonds. The van der Waals surface area contributed by atoms with Gasteiger partial charge in [-0.1, -0.05) is 13.3 Å². The van der Waals surface area contributed by atoms with Crippen molar-refractivity contribution >= 4 is 5.91 Å². The second-order valence-electron chi connectivity index (χ2n) is 4.87. The van der Waals surface area contributed by atoms with E-state index in [1.54, 1.807) is 25.1 Å². The van der Waals surface area contributed by atoms with E-state index in [-0.39, 0.29) is 11.7 Å². The molecule has 1 aliphatic carbocycles. The Morgan fingerprint density at radius 2 is 2.29 bits per heavy atom. The van der Waals surface area contributed by atoms with Gasteiger partial charge >= 0.3 is 0 Å². The van der Waals surface area contributed by atoms with Crippen molar-refractivity contribution in [2.24, 2.45) is 5.92 Å². The first kappa shape index (κ1) is 12.0. The highest BCUT2D eigenvalue weighted by Gasteiger charge is 2.37. The van der Waals surface area contributed by atoms with E-state index in [0.29, 0.717) is 17.5 Å². The third-order valence-electron chi connectivity index (χ3n) is 3.36. The van der Waals surface area contributed by atoms with Crippen molar-refractivity contribution in [1.82, 2.24) is 5.32 Å². The molecule has 0 heterocycles. The lowest BCUT2D eigenvalue weighted by molar-refractivity contribution is 0.0948. The van der Waals surface area contributed by atoms with Gasteiger partial charge in [0.2, 0.25) is 0 Å². The Balaban J connectivity index is 1.94. The van der Waals surface area contributed by atoms with E-state index < -0.39 is 0 Å². The third kappa shape index (κ3) is 2.78. The van der Waals surface area contributed by atoms with Gasteiger partial charge < -0.3 is 10.4 Å². The summed E-state index contributed by atoms with van der Waals surface area (Å²) in [6.45, 7) is 3.96. The molecule has 0 spiro atoms. The largest absolute Gasteiger partial charge is 0.508 e. The standard InChI is InChI=1S/C14H19NO2/c1-3-4-10-8-12(10)15-14(17)11-5-6-13(16)9(2)7-11/h5-7,10,12,16H,3-4,8H2,1-2H3,(H,15,17). The fourth-order valence-electron chi connectivity index (χ4n) is 2.16. The maximum absolute atomic E-state index is 11.9. The number of aryl methyl sites for hydroxylation is 1. The van der Waals surface area contributed by atoms with Crippen LogP contribution in [0.4, 0.5) is 0 Å². The average molecular weight is 233 g/mol. The normalized spacial score (nSPS) is 22.2. The first-order chi connectivity index (χ1) is 8.11. The van der Waals surface area contributed by atoms with Crippen molar-refractivity contribution in [2.75, 3.05) is 0 Å². The van der Waals surface area contributed by atoms with Gasteiger partial charge in [0.1, 0.15) is 5.75 Å². The number of hydrogen-bond acceptors (Lipinski definition) is 2. The van der Waals surface area contributed by atoms with Crippen LogP contribution in [0, 0.1) is 12.8 Å². The average Bonchev–Trinajstić information content (AvgIpc) is 3.01. The first-order valence-corrected chi connectivity index (χ1v) is 6.22. The van der Waals surface area contributed by atoms with Gasteiger partial charge in [-0.3, -0.25) is 4.79 Å². The number of phenolic OH excluding ortho intramolecular Hbond substituents is 1. The highest BCUT2D eigenvalue weighted by atomic mass is 16.3. The van der Waals surface area contributed by atoms with Gasteiger partial charge in [0, 0.05) is 11.6 Å². The van der Waals surface area contributed by atoms with Crippen LogP contribution in [0.3, 0.4) is 0 Å². The van der Waals surface area contributed by atoms with Crippen LogP contribution in [0.1, 0.15) is 42.1 Å². The molecular weight excluding hydrogens is 214 g/mol. The minimum absolute atomic E-state index is 0.0308. The molecule has 1 saturated carbocycles. The summed E-state index contributed by atoms with van der Waals surface area (Å²) in [5.74, 6) is 0.871. The molecule has 17 heavy (non-hydrogen) atoms. The Hall–Kier alpha value is -1.51. The topological polar surface area (TPSA) is 49.3 Å². The summed E-state index contributed by atoms with van der Waals surface area (Å²) >= 11 is 0. The Kier molecular flexibility index (Phi) is 3.36. The second kappa shape index (κ2) is 4.78. The fourth-order valence-corrected chi connectivity index (χ4v) is 2.16. The van der Waals surface area contributed by atoms with E-state index in [1.165, 1.54) is 12.8 Å². The number of carbonyl (C=O) groups is 1. The van der Waals surface area contributed by atoms with Crippen molar-refractivity contribution in [3.63, 3.8) is 0 Å². The minimum atomic E-state index is -0.0308. The number of amides is 1. The molecule has 0 aromatic heterocycles. The predicted molar refractivity (Wildman–Crippen MR) is 67.1 cm³/mol. The predicted octanol–water partition coefficient (Wildman–Crippen LogP) is 2.62. The Morgan fingerprint density at radius 3 is 2.94 bits per heavy atom. The van der Waals surface area contributed by atoms with Crippen molar-refractivity contribution in [1.29, 1.82) is 0 Å². The van der Waals surface area contributed by atoms with Crippen LogP contribution in [0.25, 0.3) is 0 Å². The van der Waals surface area contributed by atoms with Gasteiger partial charge in [-0.2, -0.15) is 0 Å². The summed E-state index contributed by atoms with van der Waals surface area (Å²) in [6, 6.07) is 5.31. The third-order valence-corrected chi connectivity index (χ3v) is 3.36. The summed E-state index contributed by atoms with van der Waals surface area (Å²) in [6.07, 6.45) is 3.48. The van der Waals surface area contributed by atoms with E-state index in [1.807, 2.05) is 0 Å². The van der Waals surface area contributed by atoms with E-state index >= 15 is 0 Å². The number of carbonyl (C=O) groups excluding carboxylic acids is 1. The lowest BCUT2D eigenvalue weighted by Gasteiger charge is -2.06. The highest BCUT2D eigenvalue weighted by Crippen LogP contribution is 2.34. The lowest BCUT2D eigenvalue weighted by Crippen LogP contribution is -2.26. The molecule has 2 N–H and O–H groups in total. The molecule has 3 heteroatoms. The number of aromatic hydroxyl groups is 1. The number of benzene rings is 1. The molecule has 2 rings (SSSR count). The smallest absolute Gasteiger partial charge is 0.251 e. The van der Waals surface area contributed by atoms with Gasteiger partial charge in [-0.15, -0.1) is 0 Å². The van der Waals surface area contributed by atoms with Crippen molar-refractivity contribution < 1.29 is 9.90 Å². The quantitative estimate of drug-likeness (QED) is 0.839. The molecule has 2 unspecified atom stereocenters. The van der Waals surface area contributed by atoms with Crippen LogP contribution in [0.2, 0.25) is 0 Å². The van der Waals surface area contributed by atoms with Crippen LogP contribution in [0.5, 0.6) is 5.75 Å². The fraction of sp³-hybridized carbons (Fsp3) is 0.500. The monoisotopic (exact) mass is 233 g/mol. The van der Waals surface area contributed by atoms with Crippen molar-refractivity contribution in [3.05, 3.63) is 29.3 Å². The summed E-state index contributed by atoms with van der Waals surface area (Å²) in [5, 5.41) is 12.4. The summed E-state index contributed by atoms with van der Waals surface area (Å²) in [4.78, 5) is 11.9. The zero-order valence-corrected chi connectivity index (χ0v) is 10.4. The SMILES string of the molecule is CCCC1CC1NC(=O)c1ccc(O)c(C)c1.